The molecule has 1 heterocycles. The van der Waals surface area contributed by atoms with Crippen LogP contribution in [0, 0.1) is 5.92 Å². The predicted molar refractivity (Wildman–Crippen MR) is 87.0 cm³/mol. The van der Waals surface area contributed by atoms with E-state index >= 15 is 0 Å². The van der Waals surface area contributed by atoms with Crippen molar-refractivity contribution < 1.29 is 4.74 Å². The van der Waals surface area contributed by atoms with Crippen molar-refractivity contribution in [3.63, 3.8) is 0 Å². The Balaban J connectivity index is 1.70. The lowest BCUT2D eigenvalue weighted by molar-refractivity contribution is 0.306. The Morgan fingerprint density at radius 3 is 2.71 bits per heavy atom. The third-order valence-corrected chi connectivity index (χ3v) is 4.59. The van der Waals surface area contributed by atoms with Gasteiger partial charge in [0.25, 0.3) is 0 Å². The van der Waals surface area contributed by atoms with Crippen molar-refractivity contribution in [1.29, 1.82) is 0 Å². The lowest BCUT2D eigenvalue weighted by Gasteiger charge is -2.19. The topological polar surface area (TPSA) is 35.2 Å². The number of hydrogen-bond acceptors (Lipinski definition) is 2. The minimum Gasteiger partial charge on any atom is -0.493 e. The first-order chi connectivity index (χ1) is 10.3. The molecular weight excluding hydrogens is 282 g/mol. The van der Waals surface area contributed by atoms with Gasteiger partial charge in [-0.1, -0.05) is 48.0 Å². The summed E-state index contributed by atoms with van der Waals surface area (Å²) in [5.74, 6) is 1.89. The van der Waals surface area contributed by atoms with Crippen molar-refractivity contribution in [1.82, 2.24) is 0 Å². The number of para-hydroxylation sites is 1. The summed E-state index contributed by atoms with van der Waals surface area (Å²) in [6.07, 6.45) is 1.97. The normalized spacial score (nSPS) is 18.1. The fraction of sp³-hybridized carbons (Fsp3) is 0.333. The quantitative estimate of drug-likeness (QED) is 0.905. The zero-order valence-electron chi connectivity index (χ0n) is 12.0. The van der Waals surface area contributed by atoms with Gasteiger partial charge >= 0.3 is 0 Å². The molecule has 1 aliphatic rings. The number of fused-ring (bicyclic) bond motifs is 1. The summed E-state index contributed by atoms with van der Waals surface area (Å²) in [6, 6.07) is 16.3. The van der Waals surface area contributed by atoms with Crippen LogP contribution in [0.1, 0.15) is 23.5 Å². The van der Waals surface area contributed by atoms with Gasteiger partial charge in [0, 0.05) is 16.5 Å². The van der Waals surface area contributed by atoms with E-state index in [1.807, 2.05) is 30.3 Å². The molecule has 1 aliphatic heterocycles. The van der Waals surface area contributed by atoms with Gasteiger partial charge in [0.1, 0.15) is 5.75 Å². The highest BCUT2D eigenvalue weighted by Gasteiger charge is 2.26. The van der Waals surface area contributed by atoms with Crippen LogP contribution in [0.4, 0.5) is 0 Å². The van der Waals surface area contributed by atoms with E-state index in [0.29, 0.717) is 18.4 Å². The SMILES string of the molecule is NCC(Cc1ccccc1Cl)CC1COc2ccccc21. The van der Waals surface area contributed by atoms with Crippen molar-refractivity contribution in [2.75, 3.05) is 13.2 Å². The Hall–Kier alpha value is -1.51. The lowest BCUT2D eigenvalue weighted by atomic mass is 9.86. The van der Waals surface area contributed by atoms with Gasteiger partial charge in [-0.25, -0.2) is 0 Å². The standard InChI is InChI=1S/C18H20ClNO/c19-17-7-3-1-5-14(17)9-13(11-20)10-15-12-21-18-8-4-2-6-16(15)18/h1-8,13,15H,9-12,20H2. The van der Waals surface area contributed by atoms with Crippen molar-refractivity contribution >= 4 is 11.6 Å². The third kappa shape index (κ3) is 3.22. The van der Waals surface area contributed by atoms with Crippen LogP contribution in [0.5, 0.6) is 5.75 Å². The molecule has 110 valence electrons. The average molecular weight is 302 g/mol. The predicted octanol–water partition coefficient (Wildman–Crippen LogP) is 4.02. The number of ether oxygens (including phenoxy) is 1. The Morgan fingerprint density at radius 1 is 1.14 bits per heavy atom. The van der Waals surface area contributed by atoms with E-state index in [9.17, 15) is 0 Å². The largest absolute Gasteiger partial charge is 0.493 e. The van der Waals surface area contributed by atoms with E-state index in [2.05, 4.69) is 18.2 Å². The fourth-order valence-electron chi connectivity index (χ4n) is 3.06. The van der Waals surface area contributed by atoms with Gasteiger partial charge in [0.05, 0.1) is 6.61 Å². The molecule has 2 unspecified atom stereocenters. The van der Waals surface area contributed by atoms with Crippen molar-refractivity contribution in [3.05, 3.63) is 64.7 Å². The molecule has 0 saturated heterocycles. The minimum absolute atomic E-state index is 0.421. The second kappa shape index (κ2) is 6.50. The summed E-state index contributed by atoms with van der Waals surface area (Å²) in [7, 11) is 0. The summed E-state index contributed by atoms with van der Waals surface area (Å²) in [4.78, 5) is 0. The van der Waals surface area contributed by atoms with Crippen LogP contribution in [0.15, 0.2) is 48.5 Å². The van der Waals surface area contributed by atoms with Gasteiger partial charge in [-0.05, 0) is 43.0 Å². The highest BCUT2D eigenvalue weighted by atomic mass is 35.5. The molecule has 0 bridgehead atoms. The third-order valence-electron chi connectivity index (χ3n) is 4.22. The molecule has 2 nitrogen and oxygen atoms in total. The number of hydrogen-bond donors (Lipinski definition) is 1. The van der Waals surface area contributed by atoms with E-state index in [1.54, 1.807) is 0 Å². The van der Waals surface area contributed by atoms with E-state index in [-0.39, 0.29) is 0 Å². The van der Waals surface area contributed by atoms with Gasteiger partial charge in [0.2, 0.25) is 0 Å². The monoisotopic (exact) mass is 301 g/mol. The van der Waals surface area contributed by atoms with Gasteiger partial charge in [0.15, 0.2) is 0 Å². The molecule has 0 saturated carbocycles. The first-order valence-corrected chi connectivity index (χ1v) is 7.81. The fourth-order valence-corrected chi connectivity index (χ4v) is 3.28. The van der Waals surface area contributed by atoms with E-state index < -0.39 is 0 Å². The maximum atomic E-state index is 6.26. The van der Waals surface area contributed by atoms with Crippen LogP contribution in [0.3, 0.4) is 0 Å². The molecule has 2 aromatic rings. The van der Waals surface area contributed by atoms with E-state index in [1.165, 1.54) is 11.1 Å². The van der Waals surface area contributed by atoms with Crippen LogP contribution in [0.2, 0.25) is 5.02 Å². The van der Waals surface area contributed by atoms with Crippen LogP contribution in [-0.4, -0.2) is 13.2 Å². The van der Waals surface area contributed by atoms with Crippen LogP contribution in [-0.2, 0) is 6.42 Å². The molecule has 2 atom stereocenters. The van der Waals surface area contributed by atoms with Gasteiger partial charge in [-0.2, -0.15) is 0 Å². The van der Waals surface area contributed by atoms with Crippen molar-refractivity contribution in [2.24, 2.45) is 11.7 Å². The summed E-state index contributed by atoms with van der Waals surface area (Å²) < 4.78 is 5.76. The van der Waals surface area contributed by atoms with Crippen LogP contribution >= 0.6 is 11.6 Å². The first-order valence-electron chi connectivity index (χ1n) is 7.43. The second-order valence-corrected chi connectivity index (χ2v) is 6.09. The maximum absolute atomic E-state index is 6.26. The maximum Gasteiger partial charge on any atom is 0.122 e. The number of rotatable bonds is 5. The Morgan fingerprint density at radius 2 is 1.90 bits per heavy atom. The smallest absolute Gasteiger partial charge is 0.122 e. The molecule has 2 aromatic carbocycles. The van der Waals surface area contributed by atoms with Crippen LogP contribution < -0.4 is 10.5 Å². The van der Waals surface area contributed by atoms with Crippen LogP contribution in [0.25, 0.3) is 0 Å². The minimum atomic E-state index is 0.421. The Bertz CT molecular complexity index is 614. The molecule has 2 N–H and O–H groups in total. The van der Waals surface area contributed by atoms with Crippen molar-refractivity contribution in [3.8, 4) is 5.75 Å². The zero-order valence-corrected chi connectivity index (χ0v) is 12.7. The molecule has 0 amide bonds. The highest BCUT2D eigenvalue weighted by molar-refractivity contribution is 6.31. The molecule has 0 fully saturated rings. The van der Waals surface area contributed by atoms with Gasteiger partial charge < -0.3 is 10.5 Å². The summed E-state index contributed by atoms with van der Waals surface area (Å²) >= 11 is 6.26. The summed E-state index contributed by atoms with van der Waals surface area (Å²) in [5, 5.41) is 0.832. The molecule has 0 radical (unpaired) electrons. The average Bonchev–Trinajstić information content (AvgIpc) is 2.92. The molecule has 0 spiro atoms. The van der Waals surface area contributed by atoms with E-state index in [4.69, 9.17) is 22.1 Å². The molecule has 21 heavy (non-hydrogen) atoms. The highest BCUT2D eigenvalue weighted by Crippen LogP contribution is 2.37. The second-order valence-electron chi connectivity index (χ2n) is 5.68. The lowest BCUT2D eigenvalue weighted by Crippen LogP contribution is -2.20. The van der Waals surface area contributed by atoms with Crippen molar-refractivity contribution in [2.45, 2.75) is 18.8 Å². The van der Waals surface area contributed by atoms with E-state index in [0.717, 1.165) is 30.2 Å². The molecular formula is C18H20ClNO. The summed E-state index contributed by atoms with van der Waals surface area (Å²) in [6.45, 7) is 1.43. The Labute approximate surface area is 130 Å². The Kier molecular flexibility index (Phi) is 4.47. The van der Waals surface area contributed by atoms with Gasteiger partial charge in [-0.15, -0.1) is 0 Å². The number of nitrogens with two attached hydrogens (primary N) is 1. The molecule has 3 heteroatoms. The molecule has 0 aromatic heterocycles. The summed E-state index contributed by atoms with van der Waals surface area (Å²) in [5.41, 5.74) is 8.48. The zero-order chi connectivity index (χ0) is 14.7. The number of benzene rings is 2. The molecule has 3 rings (SSSR count). The molecule has 0 aliphatic carbocycles. The first kappa shape index (κ1) is 14.4. The number of halogens is 1. The van der Waals surface area contributed by atoms with Gasteiger partial charge in [-0.3, -0.25) is 0 Å².